The van der Waals surface area contributed by atoms with Gasteiger partial charge in [-0.15, -0.1) is 0 Å². The van der Waals surface area contributed by atoms with Crippen LogP contribution >= 0.6 is 27.5 Å². The Kier molecular flexibility index (Phi) is 4.58. The van der Waals surface area contributed by atoms with E-state index in [1.54, 1.807) is 0 Å². The molecule has 0 radical (unpaired) electrons. The van der Waals surface area contributed by atoms with Crippen LogP contribution in [0.4, 0.5) is 0 Å². The van der Waals surface area contributed by atoms with E-state index in [-0.39, 0.29) is 6.04 Å². The SMILES string of the molecule is Cc1cc(C)c(C)c(C(N)c2cccc(Br)c2Cl)c1C. The molecule has 0 heterocycles. The van der Waals surface area contributed by atoms with Crippen molar-refractivity contribution < 1.29 is 0 Å². The summed E-state index contributed by atoms with van der Waals surface area (Å²) in [6.45, 7) is 8.51. The molecule has 0 aliphatic heterocycles. The molecule has 0 bridgehead atoms. The molecule has 1 unspecified atom stereocenters. The van der Waals surface area contributed by atoms with E-state index in [0.29, 0.717) is 5.02 Å². The first-order valence-corrected chi connectivity index (χ1v) is 7.78. The first-order chi connectivity index (χ1) is 9.34. The molecule has 2 aromatic rings. The molecule has 20 heavy (non-hydrogen) atoms. The summed E-state index contributed by atoms with van der Waals surface area (Å²) in [5, 5.41) is 0.693. The van der Waals surface area contributed by atoms with E-state index < -0.39 is 0 Å². The third-order valence-corrected chi connectivity index (χ3v) is 5.36. The summed E-state index contributed by atoms with van der Waals surface area (Å²) in [6, 6.07) is 7.90. The van der Waals surface area contributed by atoms with Gasteiger partial charge in [0, 0.05) is 4.47 Å². The first-order valence-electron chi connectivity index (χ1n) is 6.61. The van der Waals surface area contributed by atoms with E-state index in [1.807, 2.05) is 18.2 Å². The molecule has 0 fully saturated rings. The Labute approximate surface area is 134 Å². The molecule has 0 spiro atoms. The molecule has 0 saturated carbocycles. The highest BCUT2D eigenvalue weighted by atomic mass is 79.9. The van der Waals surface area contributed by atoms with Crippen molar-refractivity contribution in [2.24, 2.45) is 5.73 Å². The number of hydrogen-bond donors (Lipinski definition) is 1. The Hall–Kier alpha value is -0.830. The third-order valence-electron chi connectivity index (χ3n) is 4.05. The van der Waals surface area contributed by atoms with Crippen molar-refractivity contribution in [1.29, 1.82) is 0 Å². The van der Waals surface area contributed by atoms with Crippen LogP contribution < -0.4 is 5.73 Å². The number of aryl methyl sites for hydroxylation is 2. The minimum absolute atomic E-state index is 0.210. The molecule has 0 aliphatic carbocycles. The van der Waals surface area contributed by atoms with Crippen molar-refractivity contribution in [3.63, 3.8) is 0 Å². The minimum atomic E-state index is -0.210. The van der Waals surface area contributed by atoms with Crippen LogP contribution in [0.15, 0.2) is 28.7 Å². The van der Waals surface area contributed by atoms with E-state index in [9.17, 15) is 0 Å². The third kappa shape index (κ3) is 2.65. The molecule has 0 saturated heterocycles. The summed E-state index contributed by atoms with van der Waals surface area (Å²) in [6.07, 6.45) is 0. The number of halogens is 2. The maximum atomic E-state index is 6.52. The van der Waals surface area contributed by atoms with Crippen molar-refractivity contribution in [2.75, 3.05) is 0 Å². The lowest BCUT2D eigenvalue weighted by Crippen LogP contribution is -2.16. The quantitative estimate of drug-likeness (QED) is 0.771. The van der Waals surface area contributed by atoms with Crippen molar-refractivity contribution in [1.82, 2.24) is 0 Å². The van der Waals surface area contributed by atoms with Crippen molar-refractivity contribution >= 4 is 27.5 Å². The van der Waals surface area contributed by atoms with Gasteiger partial charge in [0.25, 0.3) is 0 Å². The van der Waals surface area contributed by atoms with Crippen molar-refractivity contribution in [2.45, 2.75) is 33.7 Å². The Bertz CT molecular complexity index is 638. The van der Waals surface area contributed by atoms with Gasteiger partial charge in [0.2, 0.25) is 0 Å². The van der Waals surface area contributed by atoms with Crippen LogP contribution in [-0.4, -0.2) is 0 Å². The van der Waals surface area contributed by atoms with Crippen LogP contribution in [0.25, 0.3) is 0 Å². The highest BCUT2D eigenvalue weighted by Gasteiger charge is 2.19. The van der Waals surface area contributed by atoms with Crippen LogP contribution in [0.3, 0.4) is 0 Å². The second-order valence-corrected chi connectivity index (χ2v) is 6.53. The van der Waals surface area contributed by atoms with E-state index in [2.05, 4.69) is 49.7 Å². The standard InChI is InChI=1S/C17H19BrClN/c1-9-8-10(2)12(4)15(11(9)3)17(20)13-6-5-7-14(18)16(13)19/h5-8,17H,20H2,1-4H3. The molecule has 3 heteroatoms. The molecule has 1 nitrogen and oxygen atoms in total. The second-order valence-electron chi connectivity index (χ2n) is 5.29. The van der Waals surface area contributed by atoms with Crippen LogP contribution in [0.5, 0.6) is 0 Å². The predicted molar refractivity (Wildman–Crippen MR) is 90.6 cm³/mol. The maximum Gasteiger partial charge on any atom is 0.0599 e. The highest BCUT2D eigenvalue weighted by molar-refractivity contribution is 9.10. The normalized spacial score (nSPS) is 12.6. The number of benzene rings is 2. The summed E-state index contributed by atoms with van der Waals surface area (Å²) in [4.78, 5) is 0. The number of nitrogens with two attached hydrogens (primary N) is 1. The molecule has 106 valence electrons. The summed E-state index contributed by atoms with van der Waals surface area (Å²) in [7, 11) is 0. The maximum absolute atomic E-state index is 6.52. The molecule has 2 aromatic carbocycles. The molecule has 1 atom stereocenters. The zero-order valence-electron chi connectivity index (χ0n) is 12.2. The lowest BCUT2D eigenvalue weighted by atomic mass is 9.87. The molecule has 0 amide bonds. The van der Waals surface area contributed by atoms with Crippen LogP contribution in [0.1, 0.15) is 39.4 Å². The summed E-state index contributed by atoms with van der Waals surface area (Å²) in [5.74, 6) is 0. The Morgan fingerprint density at radius 1 is 1.05 bits per heavy atom. The topological polar surface area (TPSA) is 26.0 Å². The summed E-state index contributed by atoms with van der Waals surface area (Å²) >= 11 is 9.86. The Morgan fingerprint density at radius 2 is 1.60 bits per heavy atom. The van der Waals surface area contributed by atoms with Gasteiger partial charge in [-0.05, 0) is 83.1 Å². The highest BCUT2D eigenvalue weighted by Crippen LogP contribution is 2.35. The second kappa shape index (κ2) is 5.88. The van der Waals surface area contributed by atoms with Gasteiger partial charge in [-0.2, -0.15) is 0 Å². The van der Waals surface area contributed by atoms with E-state index in [0.717, 1.165) is 10.0 Å². The lowest BCUT2D eigenvalue weighted by molar-refractivity contribution is 0.845. The van der Waals surface area contributed by atoms with Crippen LogP contribution in [-0.2, 0) is 0 Å². The molecule has 0 aliphatic rings. The van der Waals surface area contributed by atoms with E-state index in [4.69, 9.17) is 17.3 Å². The summed E-state index contributed by atoms with van der Waals surface area (Å²) < 4.78 is 0.881. The van der Waals surface area contributed by atoms with Crippen molar-refractivity contribution in [3.05, 3.63) is 67.1 Å². The fourth-order valence-corrected chi connectivity index (χ4v) is 3.26. The van der Waals surface area contributed by atoms with E-state index >= 15 is 0 Å². The van der Waals surface area contributed by atoms with Gasteiger partial charge in [0.15, 0.2) is 0 Å². The average molecular weight is 353 g/mol. The zero-order chi connectivity index (χ0) is 15.0. The smallest absolute Gasteiger partial charge is 0.0599 e. The fourth-order valence-electron chi connectivity index (χ4n) is 2.63. The number of rotatable bonds is 2. The molecule has 2 N–H and O–H groups in total. The van der Waals surface area contributed by atoms with Gasteiger partial charge in [-0.3, -0.25) is 0 Å². The van der Waals surface area contributed by atoms with E-state index in [1.165, 1.54) is 27.8 Å². The molecule has 0 aromatic heterocycles. The van der Waals surface area contributed by atoms with Gasteiger partial charge in [0.1, 0.15) is 0 Å². The van der Waals surface area contributed by atoms with Gasteiger partial charge in [-0.1, -0.05) is 29.8 Å². The van der Waals surface area contributed by atoms with Gasteiger partial charge < -0.3 is 5.73 Å². The van der Waals surface area contributed by atoms with Gasteiger partial charge >= 0.3 is 0 Å². The summed E-state index contributed by atoms with van der Waals surface area (Å²) in [5.41, 5.74) is 13.7. The molecular weight excluding hydrogens is 334 g/mol. The van der Waals surface area contributed by atoms with Crippen molar-refractivity contribution in [3.8, 4) is 0 Å². The van der Waals surface area contributed by atoms with Gasteiger partial charge in [0.05, 0.1) is 11.1 Å². The molecule has 2 rings (SSSR count). The lowest BCUT2D eigenvalue weighted by Gasteiger charge is -2.22. The Morgan fingerprint density at radius 3 is 2.15 bits per heavy atom. The Balaban J connectivity index is 2.65. The average Bonchev–Trinajstić information content (AvgIpc) is 2.40. The monoisotopic (exact) mass is 351 g/mol. The minimum Gasteiger partial charge on any atom is -0.320 e. The van der Waals surface area contributed by atoms with Crippen LogP contribution in [0, 0.1) is 27.7 Å². The van der Waals surface area contributed by atoms with Crippen LogP contribution in [0.2, 0.25) is 5.02 Å². The number of hydrogen-bond acceptors (Lipinski definition) is 1. The first kappa shape index (κ1) is 15.6. The van der Waals surface area contributed by atoms with Gasteiger partial charge in [-0.25, -0.2) is 0 Å². The largest absolute Gasteiger partial charge is 0.320 e. The fraction of sp³-hybridized carbons (Fsp3) is 0.294. The zero-order valence-corrected chi connectivity index (χ0v) is 14.6. The predicted octanol–water partition coefficient (Wildman–Crippen LogP) is 5.38. The molecular formula is C17H19BrClN.